The Balaban J connectivity index is 2.39. The van der Waals surface area contributed by atoms with Crippen molar-refractivity contribution in [3.8, 4) is 0 Å². The zero-order chi connectivity index (χ0) is 10.6. The first kappa shape index (κ1) is 10.8. The Hall–Kier alpha value is -1.30. The van der Waals surface area contributed by atoms with Crippen molar-refractivity contribution < 1.29 is 14.0 Å². The van der Waals surface area contributed by atoms with E-state index in [0.29, 0.717) is 4.67 Å². The monoisotopic (exact) mass is 260 g/mol. The molecule has 0 aliphatic heterocycles. The summed E-state index contributed by atoms with van der Waals surface area (Å²) in [4.78, 5) is 21.6. The molecule has 0 aromatic carbocycles. The minimum absolute atomic E-state index is 0.119. The second-order valence-corrected chi connectivity index (χ2v) is 3.36. The van der Waals surface area contributed by atoms with Crippen LogP contribution in [0.5, 0.6) is 0 Å². The molecule has 0 atom stereocenters. The van der Waals surface area contributed by atoms with E-state index in [1.807, 2.05) is 0 Å². The second-order valence-electron chi connectivity index (χ2n) is 2.58. The molecule has 3 N–H and O–H groups in total. The van der Waals surface area contributed by atoms with Gasteiger partial charge in [-0.05, 0) is 28.1 Å². The summed E-state index contributed by atoms with van der Waals surface area (Å²) in [7, 11) is 0. The van der Waals surface area contributed by atoms with Gasteiger partial charge in [0.1, 0.15) is 0 Å². The van der Waals surface area contributed by atoms with Gasteiger partial charge in [0.15, 0.2) is 10.4 Å². The van der Waals surface area contributed by atoms with E-state index in [-0.39, 0.29) is 24.6 Å². The average molecular weight is 261 g/mol. The van der Waals surface area contributed by atoms with Crippen molar-refractivity contribution in [2.45, 2.75) is 6.42 Å². The summed E-state index contributed by atoms with van der Waals surface area (Å²) < 4.78 is 5.48. The van der Waals surface area contributed by atoms with E-state index in [1.54, 1.807) is 6.07 Å². The Morgan fingerprint density at radius 3 is 2.71 bits per heavy atom. The maximum atomic E-state index is 11.3. The van der Waals surface area contributed by atoms with Crippen LogP contribution in [0.2, 0.25) is 0 Å². The molecule has 0 bridgehead atoms. The summed E-state index contributed by atoms with van der Waals surface area (Å²) >= 11 is 3.07. The third-order valence-corrected chi connectivity index (χ3v) is 1.88. The van der Waals surface area contributed by atoms with Crippen LogP contribution in [0.15, 0.2) is 21.2 Å². The van der Waals surface area contributed by atoms with Crippen LogP contribution >= 0.6 is 15.9 Å². The number of primary amides is 1. The van der Waals surface area contributed by atoms with Crippen LogP contribution in [0.3, 0.4) is 0 Å². The van der Waals surface area contributed by atoms with E-state index in [9.17, 15) is 9.59 Å². The molecule has 0 fully saturated rings. The molecule has 2 amide bonds. The highest BCUT2D eigenvalue weighted by Crippen LogP contribution is 2.13. The first-order valence-corrected chi connectivity index (χ1v) is 4.70. The Labute approximate surface area is 88.8 Å². The molecule has 0 saturated carbocycles. The Morgan fingerprint density at radius 1 is 1.50 bits per heavy atom. The van der Waals surface area contributed by atoms with Crippen LogP contribution in [-0.2, 0) is 4.79 Å². The van der Waals surface area contributed by atoms with Gasteiger partial charge in [0.25, 0.3) is 5.91 Å². The van der Waals surface area contributed by atoms with Gasteiger partial charge in [-0.2, -0.15) is 0 Å². The lowest BCUT2D eigenvalue weighted by Crippen LogP contribution is -2.27. The standard InChI is InChI=1S/C8H9BrN2O3/c9-6-2-1-5(14-6)8(13)11-4-3-7(10)12/h1-2H,3-4H2,(H2,10,12)(H,11,13). The summed E-state index contributed by atoms with van der Waals surface area (Å²) in [6.45, 7) is 0.215. The molecule has 1 aromatic heterocycles. The Bertz CT molecular complexity index is 348. The fraction of sp³-hybridized carbons (Fsp3) is 0.250. The van der Waals surface area contributed by atoms with E-state index in [2.05, 4.69) is 21.2 Å². The first-order chi connectivity index (χ1) is 6.59. The molecule has 1 heterocycles. The number of nitrogens with one attached hydrogen (secondary N) is 1. The maximum absolute atomic E-state index is 11.3. The molecule has 0 aliphatic rings. The van der Waals surface area contributed by atoms with Gasteiger partial charge in [-0.3, -0.25) is 9.59 Å². The molecule has 76 valence electrons. The first-order valence-electron chi connectivity index (χ1n) is 3.91. The number of halogens is 1. The van der Waals surface area contributed by atoms with E-state index in [0.717, 1.165) is 0 Å². The Morgan fingerprint density at radius 2 is 2.21 bits per heavy atom. The predicted molar refractivity (Wildman–Crippen MR) is 52.6 cm³/mol. The number of carbonyl (C=O) groups excluding carboxylic acids is 2. The number of hydrogen-bond donors (Lipinski definition) is 2. The second kappa shape index (κ2) is 4.80. The summed E-state index contributed by atoms with van der Waals surface area (Å²) in [6.07, 6.45) is 0.119. The van der Waals surface area contributed by atoms with Crippen LogP contribution < -0.4 is 11.1 Å². The molecule has 0 radical (unpaired) electrons. The summed E-state index contributed by atoms with van der Waals surface area (Å²) in [5, 5.41) is 2.49. The summed E-state index contributed by atoms with van der Waals surface area (Å²) in [5.74, 6) is -0.621. The highest BCUT2D eigenvalue weighted by molar-refractivity contribution is 9.10. The van der Waals surface area contributed by atoms with Crippen molar-refractivity contribution in [2.75, 3.05) is 6.54 Å². The third kappa shape index (κ3) is 3.21. The fourth-order valence-corrected chi connectivity index (χ4v) is 1.13. The molecule has 1 aromatic rings. The number of carbonyl (C=O) groups is 2. The number of furan rings is 1. The quantitative estimate of drug-likeness (QED) is 0.834. The minimum Gasteiger partial charge on any atom is -0.444 e. The Kier molecular flexibility index (Phi) is 3.70. The van der Waals surface area contributed by atoms with Gasteiger partial charge in [-0.25, -0.2) is 0 Å². The van der Waals surface area contributed by atoms with Gasteiger partial charge < -0.3 is 15.5 Å². The number of nitrogens with two attached hydrogens (primary N) is 1. The zero-order valence-electron chi connectivity index (χ0n) is 7.25. The SMILES string of the molecule is NC(=O)CCNC(=O)c1ccc(Br)o1. The summed E-state index contributed by atoms with van der Waals surface area (Å²) in [6, 6.07) is 3.15. The minimum atomic E-state index is -0.453. The molecule has 0 saturated heterocycles. The van der Waals surface area contributed by atoms with Crippen LogP contribution in [0, 0.1) is 0 Å². The highest BCUT2D eigenvalue weighted by Gasteiger charge is 2.09. The van der Waals surface area contributed by atoms with Gasteiger partial charge >= 0.3 is 0 Å². The molecule has 0 aliphatic carbocycles. The predicted octanol–water partition coefficient (Wildman–Crippen LogP) is 0.647. The molecular weight excluding hydrogens is 252 g/mol. The average Bonchev–Trinajstić information content (AvgIpc) is 2.51. The van der Waals surface area contributed by atoms with Crippen molar-refractivity contribution in [1.82, 2.24) is 5.32 Å². The van der Waals surface area contributed by atoms with E-state index < -0.39 is 5.91 Å². The molecule has 14 heavy (non-hydrogen) atoms. The van der Waals surface area contributed by atoms with Crippen molar-refractivity contribution in [2.24, 2.45) is 5.73 Å². The molecule has 6 heteroatoms. The number of rotatable bonds is 4. The van der Waals surface area contributed by atoms with Gasteiger partial charge in [0.2, 0.25) is 5.91 Å². The van der Waals surface area contributed by atoms with Gasteiger partial charge in [0.05, 0.1) is 0 Å². The normalized spacial score (nSPS) is 9.79. The van der Waals surface area contributed by atoms with Crippen LogP contribution in [0.25, 0.3) is 0 Å². The molecule has 0 unspecified atom stereocenters. The number of amides is 2. The van der Waals surface area contributed by atoms with Crippen molar-refractivity contribution >= 4 is 27.7 Å². The van der Waals surface area contributed by atoms with E-state index in [1.165, 1.54) is 6.07 Å². The van der Waals surface area contributed by atoms with Gasteiger partial charge in [0, 0.05) is 13.0 Å². The molecular formula is C8H9BrN2O3. The maximum Gasteiger partial charge on any atom is 0.287 e. The van der Waals surface area contributed by atoms with Crippen molar-refractivity contribution in [3.63, 3.8) is 0 Å². The van der Waals surface area contributed by atoms with Gasteiger partial charge in [-0.15, -0.1) is 0 Å². The van der Waals surface area contributed by atoms with Crippen LogP contribution in [0.1, 0.15) is 17.0 Å². The van der Waals surface area contributed by atoms with E-state index >= 15 is 0 Å². The van der Waals surface area contributed by atoms with Crippen molar-refractivity contribution in [1.29, 1.82) is 0 Å². The van der Waals surface area contributed by atoms with E-state index in [4.69, 9.17) is 10.2 Å². The highest BCUT2D eigenvalue weighted by atomic mass is 79.9. The third-order valence-electron chi connectivity index (χ3n) is 1.45. The van der Waals surface area contributed by atoms with Crippen molar-refractivity contribution in [3.05, 3.63) is 22.6 Å². The van der Waals surface area contributed by atoms with Crippen LogP contribution in [0.4, 0.5) is 0 Å². The lowest BCUT2D eigenvalue weighted by Gasteiger charge is -1.99. The summed E-state index contributed by atoms with van der Waals surface area (Å²) in [5.41, 5.74) is 4.90. The molecule has 0 spiro atoms. The van der Waals surface area contributed by atoms with Gasteiger partial charge in [-0.1, -0.05) is 0 Å². The molecule has 1 rings (SSSR count). The number of hydrogen-bond acceptors (Lipinski definition) is 3. The lowest BCUT2D eigenvalue weighted by atomic mass is 10.4. The lowest BCUT2D eigenvalue weighted by molar-refractivity contribution is -0.117. The largest absolute Gasteiger partial charge is 0.444 e. The molecule has 5 nitrogen and oxygen atoms in total. The van der Waals surface area contributed by atoms with Crippen LogP contribution in [-0.4, -0.2) is 18.4 Å². The topological polar surface area (TPSA) is 85.3 Å². The zero-order valence-corrected chi connectivity index (χ0v) is 8.83. The smallest absolute Gasteiger partial charge is 0.287 e. The fourth-order valence-electron chi connectivity index (χ4n) is 0.823.